The maximum atomic E-state index is 13.2. The Hall–Kier alpha value is -2.15. The van der Waals surface area contributed by atoms with Crippen LogP contribution in [0.25, 0.3) is 0 Å². The molecule has 3 nitrogen and oxygen atoms in total. The minimum absolute atomic E-state index is 0.259. The quantitative estimate of drug-likeness (QED) is 0.794. The summed E-state index contributed by atoms with van der Waals surface area (Å²) in [7, 11) is 1.84. The Morgan fingerprint density at radius 3 is 2.76 bits per heavy atom. The van der Waals surface area contributed by atoms with Crippen LogP contribution in [0.4, 0.5) is 4.39 Å². The van der Waals surface area contributed by atoms with Crippen LogP contribution in [0.2, 0.25) is 0 Å². The summed E-state index contributed by atoms with van der Waals surface area (Å²) in [6.07, 6.45) is 3.44. The predicted molar refractivity (Wildman–Crippen MR) is 61.8 cm³/mol. The molecule has 0 spiro atoms. The summed E-state index contributed by atoms with van der Waals surface area (Å²) in [5.41, 5.74) is 1.30. The Morgan fingerprint density at radius 1 is 1.47 bits per heavy atom. The topological polar surface area (TPSA) is 41.6 Å². The van der Waals surface area contributed by atoms with Crippen molar-refractivity contribution < 1.29 is 4.39 Å². The van der Waals surface area contributed by atoms with Crippen LogP contribution in [-0.2, 0) is 7.05 Å². The molecular formula is C13H12FN3. The molecule has 0 aliphatic heterocycles. The molecule has 0 saturated heterocycles. The van der Waals surface area contributed by atoms with Crippen molar-refractivity contribution in [3.8, 4) is 6.07 Å². The molecule has 0 radical (unpaired) electrons. The zero-order valence-corrected chi connectivity index (χ0v) is 9.68. The van der Waals surface area contributed by atoms with E-state index >= 15 is 0 Å². The number of halogens is 1. The largest absolute Gasteiger partial charge is 0.337 e. The number of aryl methyl sites for hydroxylation is 2. The Bertz CT molecular complexity index is 581. The molecule has 0 aliphatic rings. The van der Waals surface area contributed by atoms with E-state index in [1.807, 2.05) is 7.05 Å². The lowest BCUT2D eigenvalue weighted by Gasteiger charge is -2.10. The average molecular weight is 229 g/mol. The van der Waals surface area contributed by atoms with Gasteiger partial charge in [0.05, 0.1) is 6.07 Å². The van der Waals surface area contributed by atoms with Crippen molar-refractivity contribution in [3.05, 3.63) is 53.4 Å². The van der Waals surface area contributed by atoms with Crippen LogP contribution >= 0.6 is 0 Å². The van der Waals surface area contributed by atoms with Gasteiger partial charge in [-0.15, -0.1) is 0 Å². The van der Waals surface area contributed by atoms with E-state index in [2.05, 4.69) is 11.1 Å². The molecule has 1 heterocycles. The van der Waals surface area contributed by atoms with Crippen LogP contribution in [0.3, 0.4) is 0 Å². The minimum atomic E-state index is -0.464. The summed E-state index contributed by atoms with van der Waals surface area (Å²) >= 11 is 0. The van der Waals surface area contributed by atoms with E-state index in [0.29, 0.717) is 11.4 Å². The average Bonchev–Trinajstić information content (AvgIpc) is 2.71. The second-order valence-electron chi connectivity index (χ2n) is 3.97. The standard InChI is InChI=1S/C13H12FN3/c1-9-7-10(3-4-12(9)14)11(8-15)13-16-5-6-17(13)2/h3-7,11H,1-2H3. The monoisotopic (exact) mass is 229 g/mol. The molecule has 1 atom stereocenters. The lowest BCUT2D eigenvalue weighted by Crippen LogP contribution is -2.06. The van der Waals surface area contributed by atoms with E-state index in [-0.39, 0.29) is 5.82 Å². The molecule has 0 saturated carbocycles. The molecule has 0 amide bonds. The van der Waals surface area contributed by atoms with Gasteiger partial charge in [0.1, 0.15) is 17.6 Å². The third kappa shape index (κ3) is 2.04. The van der Waals surface area contributed by atoms with Gasteiger partial charge in [-0.05, 0) is 24.1 Å². The van der Waals surface area contributed by atoms with Gasteiger partial charge in [-0.25, -0.2) is 9.37 Å². The number of benzene rings is 1. The van der Waals surface area contributed by atoms with Crippen molar-refractivity contribution in [3.63, 3.8) is 0 Å². The van der Waals surface area contributed by atoms with Gasteiger partial charge < -0.3 is 4.57 Å². The highest BCUT2D eigenvalue weighted by Crippen LogP contribution is 2.23. The van der Waals surface area contributed by atoms with Gasteiger partial charge in [-0.3, -0.25) is 0 Å². The van der Waals surface area contributed by atoms with Crippen LogP contribution in [0.1, 0.15) is 22.9 Å². The van der Waals surface area contributed by atoms with Gasteiger partial charge in [-0.1, -0.05) is 12.1 Å². The number of nitrogens with zero attached hydrogens (tertiary/aromatic N) is 3. The molecule has 0 fully saturated rings. The highest BCUT2D eigenvalue weighted by atomic mass is 19.1. The second kappa shape index (κ2) is 4.38. The fourth-order valence-electron chi connectivity index (χ4n) is 1.78. The Morgan fingerprint density at radius 2 is 2.24 bits per heavy atom. The first-order valence-electron chi connectivity index (χ1n) is 5.26. The lowest BCUT2D eigenvalue weighted by atomic mass is 9.98. The van der Waals surface area contributed by atoms with Crippen molar-refractivity contribution in [2.45, 2.75) is 12.8 Å². The van der Waals surface area contributed by atoms with Gasteiger partial charge in [0.25, 0.3) is 0 Å². The van der Waals surface area contributed by atoms with Gasteiger partial charge in [-0.2, -0.15) is 5.26 Å². The molecule has 2 rings (SSSR count). The van der Waals surface area contributed by atoms with Crippen molar-refractivity contribution in [1.82, 2.24) is 9.55 Å². The maximum Gasteiger partial charge on any atom is 0.130 e. The minimum Gasteiger partial charge on any atom is -0.337 e. The Balaban J connectivity index is 2.47. The van der Waals surface area contributed by atoms with Crippen molar-refractivity contribution >= 4 is 0 Å². The number of nitriles is 1. The van der Waals surface area contributed by atoms with E-state index < -0.39 is 5.92 Å². The molecule has 4 heteroatoms. The normalized spacial score (nSPS) is 12.1. The summed E-state index contributed by atoms with van der Waals surface area (Å²) in [4.78, 5) is 4.16. The third-order valence-corrected chi connectivity index (χ3v) is 2.76. The summed E-state index contributed by atoms with van der Waals surface area (Å²) < 4.78 is 15.0. The van der Waals surface area contributed by atoms with E-state index in [1.165, 1.54) is 6.07 Å². The van der Waals surface area contributed by atoms with Gasteiger partial charge in [0.2, 0.25) is 0 Å². The first-order chi connectivity index (χ1) is 8.13. The molecule has 1 aromatic carbocycles. The van der Waals surface area contributed by atoms with Gasteiger partial charge in [0.15, 0.2) is 0 Å². The van der Waals surface area contributed by atoms with E-state index in [4.69, 9.17) is 0 Å². The number of imidazole rings is 1. The summed E-state index contributed by atoms with van der Waals surface area (Å²) in [5, 5.41) is 9.24. The smallest absolute Gasteiger partial charge is 0.130 e. The molecule has 0 aliphatic carbocycles. The summed E-state index contributed by atoms with van der Waals surface area (Å²) in [6, 6.07) is 6.91. The third-order valence-electron chi connectivity index (χ3n) is 2.76. The van der Waals surface area contributed by atoms with Crippen molar-refractivity contribution in [2.75, 3.05) is 0 Å². The maximum absolute atomic E-state index is 13.2. The highest BCUT2D eigenvalue weighted by molar-refractivity contribution is 5.35. The van der Waals surface area contributed by atoms with Gasteiger partial charge >= 0.3 is 0 Å². The molecule has 1 aromatic heterocycles. The summed E-state index contributed by atoms with van der Waals surface area (Å²) in [6.45, 7) is 1.69. The predicted octanol–water partition coefficient (Wildman–Crippen LogP) is 2.52. The van der Waals surface area contributed by atoms with Crippen LogP contribution in [-0.4, -0.2) is 9.55 Å². The van der Waals surface area contributed by atoms with Crippen LogP contribution < -0.4 is 0 Å². The van der Waals surface area contributed by atoms with E-state index in [9.17, 15) is 9.65 Å². The highest BCUT2D eigenvalue weighted by Gasteiger charge is 2.18. The van der Waals surface area contributed by atoms with Crippen LogP contribution in [0.5, 0.6) is 0 Å². The van der Waals surface area contributed by atoms with E-state index in [0.717, 1.165) is 5.56 Å². The van der Waals surface area contributed by atoms with Crippen molar-refractivity contribution in [2.24, 2.45) is 7.05 Å². The van der Waals surface area contributed by atoms with Crippen LogP contribution in [0, 0.1) is 24.1 Å². The SMILES string of the molecule is Cc1cc(C(C#N)c2nccn2C)ccc1F. The van der Waals surface area contributed by atoms with Crippen LogP contribution in [0.15, 0.2) is 30.6 Å². The first kappa shape index (κ1) is 11.3. The number of hydrogen-bond donors (Lipinski definition) is 0. The molecule has 86 valence electrons. The fraction of sp³-hybridized carbons (Fsp3) is 0.231. The zero-order valence-electron chi connectivity index (χ0n) is 9.68. The summed E-state index contributed by atoms with van der Waals surface area (Å²) in [5.74, 6) is -0.0573. The van der Waals surface area contributed by atoms with E-state index in [1.54, 1.807) is 36.0 Å². The van der Waals surface area contributed by atoms with Crippen molar-refractivity contribution in [1.29, 1.82) is 5.26 Å². The van der Waals surface area contributed by atoms with Gasteiger partial charge in [0, 0.05) is 19.4 Å². The molecular weight excluding hydrogens is 217 g/mol. The molecule has 0 bridgehead atoms. The fourth-order valence-corrected chi connectivity index (χ4v) is 1.78. The first-order valence-corrected chi connectivity index (χ1v) is 5.26. The molecule has 2 aromatic rings. The lowest BCUT2D eigenvalue weighted by molar-refractivity contribution is 0.617. The number of hydrogen-bond acceptors (Lipinski definition) is 2. The molecule has 1 unspecified atom stereocenters. The Kier molecular flexibility index (Phi) is 2.92. The molecule has 0 N–H and O–H groups in total. The number of rotatable bonds is 2. The number of aromatic nitrogens is 2. The Labute approximate surface area is 99.1 Å². The second-order valence-corrected chi connectivity index (χ2v) is 3.97. The zero-order chi connectivity index (χ0) is 12.4. The molecule has 17 heavy (non-hydrogen) atoms.